The molecule has 2 N–H and O–H groups in total. The molecule has 0 amide bonds. The fourth-order valence-electron chi connectivity index (χ4n) is 3.23. The second-order valence-corrected chi connectivity index (χ2v) is 6.91. The van der Waals surface area contributed by atoms with Crippen molar-refractivity contribution in [3.63, 3.8) is 0 Å². The van der Waals surface area contributed by atoms with Gasteiger partial charge in [0.15, 0.2) is 11.5 Å². The topological polar surface area (TPSA) is 128 Å². The van der Waals surface area contributed by atoms with E-state index in [1.165, 1.54) is 24.1 Å². The Labute approximate surface area is 178 Å². The van der Waals surface area contributed by atoms with E-state index in [4.69, 9.17) is 19.4 Å². The van der Waals surface area contributed by atoms with Gasteiger partial charge in [0.1, 0.15) is 11.8 Å². The lowest BCUT2D eigenvalue weighted by atomic mass is 10.2. The molecule has 0 radical (unpaired) electrons. The van der Waals surface area contributed by atoms with Crippen LogP contribution in [0.15, 0.2) is 38.7 Å². The molecule has 0 saturated heterocycles. The molecule has 3 rings (SSSR count). The first-order chi connectivity index (χ1) is 14.9. The molecule has 10 nitrogen and oxygen atoms in total. The average molecular weight is 427 g/mol. The van der Waals surface area contributed by atoms with Gasteiger partial charge in [-0.2, -0.15) is 0 Å². The molecule has 1 aromatic carbocycles. The Hall–Kier alpha value is -3.82. The van der Waals surface area contributed by atoms with Gasteiger partial charge in [-0.05, 0) is 31.5 Å². The van der Waals surface area contributed by atoms with Crippen LogP contribution in [-0.4, -0.2) is 46.0 Å². The van der Waals surface area contributed by atoms with Crippen molar-refractivity contribution in [1.82, 2.24) is 14.3 Å². The third kappa shape index (κ3) is 4.52. The molecule has 0 spiro atoms. The number of aliphatic imine (C=N–C) groups is 1. The first-order valence-electron chi connectivity index (χ1n) is 9.53. The fourth-order valence-corrected chi connectivity index (χ4v) is 3.23. The van der Waals surface area contributed by atoms with Crippen molar-refractivity contribution >= 4 is 12.4 Å². The van der Waals surface area contributed by atoms with Crippen LogP contribution >= 0.6 is 0 Å². The van der Waals surface area contributed by atoms with Crippen LogP contribution in [0.25, 0.3) is 0 Å². The number of nitrogens with zero attached hydrogens (tertiary/aromatic N) is 4. The predicted molar refractivity (Wildman–Crippen MR) is 115 cm³/mol. The molecule has 1 unspecified atom stereocenters. The minimum absolute atomic E-state index is 0.209. The Balaban J connectivity index is 1.83. The molecule has 164 valence electrons. The van der Waals surface area contributed by atoms with Crippen molar-refractivity contribution in [3.8, 4) is 17.4 Å². The van der Waals surface area contributed by atoms with Gasteiger partial charge < -0.3 is 24.5 Å². The highest BCUT2D eigenvalue weighted by atomic mass is 16.5. The number of hydrogen-bond donors (Lipinski definition) is 2. The van der Waals surface area contributed by atoms with Crippen molar-refractivity contribution < 1.29 is 19.1 Å². The normalized spacial score (nSPS) is 12.3. The van der Waals surface area contributed by atoms with Crippen LogP contribution in [-0.2, 0) is 13.1 Å². The zero-order chi connectivity index (χ0) is 22.5. The second kappa shape index (κ2) is 9.33. The van der Waals surface area contributed by atoms with Crippen molar-refractivity contribution in [1.29, 1.82) is 5.41 Å². The number of aromatic nitrogens is 3. The molecule has 0 bridgehead atoms. The van der Waals surface area contributed by atoms with Crippen LogP contribution in [0.2, 0.25) is 0 Å². The summed E-state index contributed by atoms with van der Waals surface area (Å²) in [6.07, 6.45) is 3.82. The van der Waals surface area contributed by atoms with Crippen molar-refractivity contribution in [3.05, 3.63) is 57.5 Å². The summed E-state index contributed by atoms with van der Waals surface area (Å²) in [7, 11) is 3.08. The zero-order valence-corrected chi connectivity index (χ0v) is 17.8. The van der Waals surface area contributed by atoms with Crippen LogP contribution in [0.5, 0.6) is 17.4 Å². The van der Waals surface area contributed by atoms with Gasteiger partial charge in [0.05, 0.1) is 39.2 Å². The van der Waals surface area contributed by atoms with Crippen molar-refractivity contribution in [2.75, 3.05) is 14.2 Å². The number of imidazole rings is 1. The first-order valence-corrected chi connectivity index (χ1v) is 9.53. The number of aromatic hydroxyl groups is 1. The molecule has 10 heteroatoms. The Morgan fingerprint density at radius 2 is 2.03 bits per heavy atom. The average Bonchev–Trinajstić information content (AvgIpc) is 3.23. The third-order valence-electron chi connectivity index (χ3n) is 4.93. The molecule has 2 aromatic heterocycles. The summed E-state index contributed by atoms with van der Waals surface area (Å²) in [6.45, 7) is 4.12. The number of rotatable bonds is 9. The second-order valence-electron chi connectivity index (χ2n) is 6.91. The maximum absolute atomic E-state index is 12.9. The number of ether oxygens (including phenoxy) is 2. The van der Waals surface area contributed by atoms with Crippen LogP contribution in [0.4, 0.5) is 0 Å². The Kier molecular flexibility index (Phi) is 6.58. The molecule has 0 aliphatic rings. The van der Waals surface area contributed by atoms with Crippen molar-refractivity contribution in [2.45, 2.75) is 33.0 Å². The van der Waals surface area contributed by atoms with Crippen LogP contribution in [0.3, 0.4) is 0 Å². The third-order valence-corrected chi connectivity index (χ3v) is 4.93. The molecular formula is C21H25N5O5. The molecule has 2 heterocycles. The van der Waals surface area contributed by atoms with Gasteiger partial charge in [0, 0.05) is 18.0 Å². The lowest BCUT2D eigenvalue weighted by Crippen LogP contribution is -2.29. The zero-order valence-electron chi connectivity index (χ0n) is 17.8. The van der Waals surface area contributed by atoms with E-state index in [1.807, 2.05) is 6.92 Å². The Morgan fingerprint density at radius 1 is 1.29 bits per heavy atom. The van der Waals surface area contributed by atoms with Gasteiger partial charge in [-0.3, -0.25) is 9.56 Å². The van der Waals surface area contributed by atoms with Gasteiger partial charge in [-0.1, -0.05) is 11.2 Å². The van der Waals surface area contributed by atoms with E-state index in [0.29, 0.717) is 23.8 Å². The van der Waals surface area contributed by atoms with Crippen LogP contribution < -0.4 is 15.2 Å². The van der Waals surface area contributed by atoms with Crippen molar-refractivity contribution in [2.24, 2.45) is 4.99 Å². The van der Waals surface area contributed by atoms with E-state index in [9.17, 15) is 9.90 Å². The maximum atomic E-state index is 12.9. The molecule has 0 saturated carbocycles. The summed E-state index contributed by atoms with van der Waals surface area (Å²) >= 11 is 0. The highest BCUT2D eigenvalue weighted by molar-refractivity contribution is 5.84. The molecular weight excluding hydrogens is 402 g/mol. The van der Waals surface area contributed by atoms with E-state index in [-0.39, 0.29) is 12.4 Å². The first kappa shape index (κ1) is 21.9. The minimum Gasteiger partial charge on any atom is -0.493 e. The van der Waals surface area contributed by atoms with Crippen LogP contribution in [0, 0.1) is 19.3 Å². The molecule has 1 atom stereocenters. The summed E-state index contributed by atoms with van der Waals surface area (Å²) in [5.74, 6) is 1.53. The lowest BCUT2D eigenvalue weighted by Gasteiger charge is -2.10. The number of hydrogen-bond acceptors (Lipinski definition) is 8. The quantitative estimate of drug-likeness (QED) is 0.505. The Bertz CT molecular complexity index is 1140. The van der Waals surface area contributed by atoms with E-state index in [0.717, 1.165) is 27.6 Å². The monoisotopic (exact) mass is 427 g/mol. The van der Waals surface area contributed by atoms with Gasteiger partial charge in [0.25, 0.3) is 0 Å². The molecule has 0 aliphatic heterocycles. The van der Waals surface area contributed by atoms with E-state index in [1.54, 1.807) is 32.2 Å². The molecule has 0 aliphatic carbocycles. The summed E-state index contributed by atoms with van der Waals surface area (Å²) in [4.78, 5) is 17.2. The lowest BCUT2D eigenvalue weighted by molar-refractivity contribution is 0.354. The SMILES string of the molecule is COc1ccc(Cn2cc(O)n(C(C=N)C=NCc3c(C)noc3C)c2=O)cc1OC. The summed E-state index contributed by atoms with van der Waals surface area (Å²) < 4.78 is 18.1. The largest absolute Gasteiger partial charge is 0.493 e. The number of aryl methyl sites for hydroxylation is 2. The fraction of sp³-hybridized carbons (Fsp3) is 0.333. The highest BCUT2D eigenvalue weighted by Gasteiger charge is 2.18. The summed E-state index contributed by atoms with van der Waals surface area (Å²) in [5, 5.41) is 21.9. The molecule has 3 aromatic rings. The number of methoxy groups -OCH3 is 2. The summed E-state index contributed by atoms with van der Waals surface area (Å²) in [6, 6.07) is 4.48. The van der Waals surface area contributed by atoms with E-state index < -0.39 is 11.7 Å². The van der Waals surface area contributed by atoms with Crippen LogP contribution in [0.1, 0.15) is 28.6 Å². The molecule has 0 fully saturated rings. The van der Waals surface area contributed by atoms with Gasteiger partial charge in [-0.15, -0.1) is 0 Å². The van der Waals surface area contributed by atoms with Gasteiger partial charge in [-0.25, -0.2) is 9.36 Å². The maximum Gasteiger partial charge on any atom is 0.332 e. The predicted octanol–water partition coefficient (Wildman–Crippen LogP) is 2.49. The Morgan fingerprint density at radius 3 is 2.65 bits per heavy atom. The number of nitrogens with one attached hydrogen (secondary N) is 1. The minimum atomic E-state index is -0.834. The van der Waals surface area contributed by atoms with Gasteiger partial charge >= 0.3 is 5.69 Å². The summed E-state index contributed by atoms with van der Waals surface area (Å²) in [5.41, 5.74) is 1.91. The highest BCUT2D eigenvalue weighted by Crippen LogP contribution is 2.28. The standard InChI is InChI=1S/C21H25N5O5/c1-13-17(14(2)31-24-13)10-23-9-16(8-22)26-20(27)12-25(21(26)28)11-15-5-6-18(29-3)19(7-15)30-4/h5-9,12,16,22,27H,10-11H2,1-4H3. The number of benzene rings is 1. The van der Waals surface area contributed by atoms with Gasteiger partial charge in [0.2, 0.25) is 5.88 Å². The smallest absolute Gasteiger partial charge is 0.332 e. The van der Waals surface area contributed by atoms with E-state index >= 15 is 0 Å². The molecule has 31 heavy (non-hydrogen) atoms. The van der Waals surface area contributed by atoms with E-state index in [2.05, 4.69) is 10.1 Å².